The van der Waals surface area contributed by atoms with E-state index in [-0.39, 0.29) is 6.61 Å². The van der Waals surface area contributed by atoms with Gasteiger partial charge in [-0.25, -0.2) is 0 Å². The molecule has 0 bridgehead atoms. The zero-order chi connectivity index (χ0) is 36.1. The number of aliphatic hydroxyl groups is 6. The first-order valence-corrected chi connectivity index (χ1v) is 19.7. The molecular weight excluding hydrogens is 626 g/mol. The molecule has 288 valence electrons. The number of hydrogen-bond donors (Lipinski definition) is 7. The van der Waals surface area contributed by atoms with Crippen molar-refractivity contribution in [1.82, 2.24) is 5.32 Å². The fraction of sp³-hybridized carbons (Fsp3) is 0.872. The summed E-state index contributed by atoms with van der Waals surface area (Å²) >= 11 is 0. The lowest BCUT2D eigenvalue weighted by molar-refractivity contribution is -0.302. The van der Waals surface area contributed by atoms with E-state index in [4.69, 9.17) is 9.47 Å². The Morgan fingerprint density at radius 1 is 0.694 bits per heavy atom. The van der Waals surface area contributed by atoms with E-state index in [2.05, 4.69) is 31.3 Å². The van der Waals surface area contributed by atoms with Crippen LogP contribution in [0.15, 0.2) is 24.3 Å². The summed E-state index contributed by atoms with van der Waals surface area (Å²) in [7, 11) is 0. The average Bonchev–Trinajstić information content (AvgIpc) is 3.10. The van der Waals surface area contributed by atoms with Crippen LogP contribution in [0.2, 0.25) is 0 Å². The molecule has 0 unspecified atom stereocenters. The van der Waals surface area contributed by atoms with Crippen molar-refractivity contribution in [1.29, 1.82) is 0 Å². The zero-order valence-corrected chi connectivity index (χ0v) is 30.8. The van der Waals surface area contributed by atoms with E-state index in [1.165, 1.54) is 89.9 Å². The standard InChI is InChI=1S/C39H73NO9/c1-3-5-7-9-11-13-15-17-19-21-23-25-27-32(42)31(30-48-39-37(46)36(45)35(44)34(29-41)49-39)40-38(47)33(43)28-26-24-22-20-18-16-14-12-10-8-6-4-2/h17,19,25,27,31-37,39,41-46H,3-16,18,20-24,26,28-30H2,1-2H3,(H,40,47)/b19-17+,27-25+/t31-,32+,33+,34+,35+,36-,37+,39+/m0/s1. The smallest absolute Gasteiger partial charge is 0.249 e. The second kappa shape index (κ2) is 30.3. The minimum atomic E-state index is -1.61. The molecule has 1 fully saturated rings. The minimum Gasteiger partial charge on any atom is -0.394 e. The van der Waals surface area contributed by atoms with Crippen molar-refractivity contribution in [2.75, 3.05) is 13.2 Å². The number of amides is 1. The Hall–Kier alpha value is -1.37. The predicted octanol–water partition coefficient (Wildman–Crippen LogP) is 5.74. The molecule has 0 aliphatic carbocycles. The Bertz CT molecular complexity index is 839. The van der Waals surface area contributed by atoms with E-state index in [0.717, 1.165) is 32.1 Å². The van der Waals surface area contributed by atoms with Crippen LogP contribution < -0.4 is 5.32 Å². The topological polar surface area (TPSA) is 169 Å². The monoisotopic (exact) mass is 700 g/mol. The number of carbonyl (C=O) groups excluding carboxylic acids is 1. The Balaban J connectivity index is 2.55. The number of aliphatic hydroxyl groups excluding tert-OH is 6. The zero-order valence-electron chi connectivity index (χ0n) is 30.8. The van der Waals surface area contributed by atoms with Crippen LogP contribution in [0.3, 0.4) is 0 Å². The molecule has 49 heavy (non-hydrogen) atoms. The lowest BCUT2D eigenvalue weighted by Gasteiger charge is -2.40. The summed E-state index contributed by atoms with van der Waals surface area (Å²) in [6.07, 6.45) is 22.7. The molecule has 1 rings (SSSR count). The minimum absolute atomic E-state index is 0.306. The van der Waals surface area contributed by atoms with Crippen molar-refractivity contribution >= 4 is 5.91 Å². The van der Waals surface area contributed by atoms with Crippen molar-refractivity contribution in [2.24, 2.45) is 0 Å². The molecule has 1 amide bonds. The maximum atomic E-state index is 12.9. The van der Waals surface area contributed by atoms with Gasteiger partial charge in [-0.15, -0.1) is 0 Å². The number of hydrogen-bond acceptors (Lipinski definition) is 9. The van der Waals surface area contributed by atoms with Crippen LogP contribution in [0.25, 0.3) is 0 Å². The molecule has 0 aromatic heterocycles. The summed E-state index contributed by atoms with van der Waals surface area (Å²) in [5.74, 6) is -0.629. The van der Waals surface area contributed by atoms with E-state index in [9.17, 15) is 35.4 Å². The van der Waals surface area contributed by atoms with Crippen LogP contribution in [0.1, 0.15) is 155 Å². The Morgan fingerprint density at radius 3 is 1.78 bits per heavy atom. The average molecular weight is 700 g/mol. The molecule has 0 spiro atoms. The lowest BCUT2D eigenvalue weighted by Crippen LogP contribution is -2.60. The van der Waals surface area contributed by atoms with Gasteiger partial charge in [0.15, 0.2) is 6.29 Å². The van der Waals surface area contributed by atoms with Gasteiger partial charge in [0.05, 0.1) is 25.4 Å². The van der Waals surface area contributed by atoms with E-state index in [1.807, 2.05) is 6.08 Å². The molecule has 0 radical (unpaired) electrons. The molecule has 10 heteroatoms. The summed E-state index contributed by atoms with van der Waals surface area (Å²) in [5, 5.41) is 64.2. The molecular formula is C39H73NO9. The molecule has 0 aromatic rings. The molecule has 1 aliphatic rings. The highest BCUT2D eigenvalue weighted by atomic mass is 16.7. The fourth-order valence-corrected chi connectivity index (χ4v) is 6.06. The van der Waals surface area contributed by atoms with Gasteiger partial charge in [0, 0.05) is 0 Å². The highest BCUT2D eigenvalue weighted by molar-refractivity contribution is 5.80. The molecule has 0 aromatic carbocycles. The maximum absolute atomic E-state index is 12.9. The normalized spacial score (nSPS) is 23.3. The summed E-state index contributed by atoms with van der Waals surface area (Å²) in [4.78, 5) is 12.9. The van der Waals surface area contributed by atoms with Gasteiger partial charge >= 0.3 is 0 Å². The number of unbranched alkanes of at least 4 members (excludes halogenated alkanes) is 18. The van der Waals surface area contributed by atoms with Gasteiger partial charge in [-0.2, -0.15) is 0 Å². The van der Waals surface area contributed by atoms with E-state index in [1.54, 1.807) is 6.08 Å². The summed E-state index contributed by atoms with van der Waals surface area (Å²) in [6.45, 7) is 3.53. The number of ether oxygens (including phenoxy) is 2. The van der Waals surface area contributed by atoms with Crippen molar-refractivity contribution < 1.29 is 44.9 Å². The van der Waals surface area contributed by atoms with Crippen molar-refractivity contribution in [2.45, 2.75) is 204 Å². The summed E-state index contributed by atoms with van der Waals surface area (Å²) < 4.78 is 11.1. The van der Waals surface area contributed by atoms with Gasteiger partial charge in [-0.1, -0.05) is 147 Å². The van der Waals surface area contributed by atoms with Crippen molar-refractivity contribution in [3.63, 3.8) is 0 Å². The van der Waals surface area contributed by atoms with Crippen LogP contribution in [0.4, 0.5) is 0 Å². The van der Waals surface area contributed by atoms with Crippen LogP contribution in [0.5, 0.6) is 0 Å². The number of carbonyl (C=O) groups is 1. The third kappa shape index (κ3) is 21.6. The number of rotatable bonds is 31. The second-order valence-corrected chi connectivity index (χ2v) is 13.9. The van der Waals surface area contributed by atoms with Crippen molar-refractivity contribution in [3.05, 3.63) is 24.3 Å². The van der Waals surface area contributed by atoms with E-state index >= 15 is 0 Å². The van der Waals surface area contributed by atoms with Gasteiger partial charge < -0.3 is 45.4 Å². The lowest BCUT2D eigenvalue weighted by atomic mass is 9.99. The van der Waals surface area contributed by atoms with E-state index in [0.29, 0.717) is 19.3 Å². The van der Waals surface area contributed by atoms with Crippen LogP contribution in [-0.4, -0.2) is 98.7 Å². The van der Waals surface area contributed by atoms with E-state index < -0.39 is 61.5 Å². The molecule has 1 heterocycles. The molecule has 8 atom stereocenters. The van der Waals surface area contributed by atoms with Crippen LogP contribution in [0, 0.1) is 0 Å². The maximum Gasteiger partial charge on any atom is 0.249 e. The number of nitrogens with one attached hydrogen (secondary N) is 1. The van der Waals surface area contributed by atoms with Gasteiger partial charge in [-0.05, 0) is 32.1 Å². The predicted molar refractivity (Wildman–Crippen MR) is 195 cm³/mol. The largest absolute Gasteiger partial charge is 0.394 e. The van der Waals surface area contributed by atoms with Gasteiger partial charge in [-0.3, -0.25) is 4.79 Å². The van der Waals surface area contributed by atoms with Crippen LogP contribution >= 0.6 is 0 Å². The molecule has 1 saturated heterocycles. The first-order chi connectivity index (χ1) is 23.8. The molecule has 0 saturated carbocycles. The highest BCUT2D eigenvalue weighted by Crippen LogP contribution is 2.22. The third-order valence-electron chi connectivity index (χ3n) is 9.39. The summed E-state index contributed by atoms with van der Waals surface area (Å²) in [6, 6.07) is -0.990. The first-order valence-electron chi connectivity index (χ1n) is 19.7. The van der Waals surface area contributed by atoms with Gasteiger partial charge in [0.2, 0.25) is 5.91 Å². The number of allylic oxidation sites excluding steroid dienone is 3. The van der Waals surface area contributed by atoms with Gasteiger partial charge in [0.1, 0.15) is 30.5 Å². The molecule has 1 aliphatic heterocycles. The first kappa shape index (κ1) is 45.7. The van der Waals surface area contributed by atoms with Gasteiger partial charge in [0.25, 0.3) is 0 Å². The highest BCUT2D eigenvalue weighted by Gasteiger charge is 2.44. The Kier molecular flexibility index (Phi) is 28.2. The fourth-order valence-electron chi connectivity index (χ4n) is 6.06. The Morgan fingerprint density at radius 2 is 1.20 bits per heavy atom. The quantitative estimate of drug-likeness (QED) is 0.0352. The third-order valence-corrected chi connectivity index (χ3v) is 9.39. The van der Waals surface area contributed by atoms with Crippen LogP contribution in [-0.2, 0) is 14.3 Å². The Labute approximate surface area is 297 Å². The molecule has 7 N–H and O–H groups in total. The second-order valence-electron chi connectivity index (χ2n) is 13.9. The summed E-state index contributed by atoms with van der Waals surface area (Å²) in [5.41, 5.74) is 0. The SMILES string of the molecule is CCCCCCCC/C=C/CC/C=C/[C@@H](O)[C@H](CO[C@@H]1O[C@H](CO)[C@@H](O)[C@H](O)[C@H]1O)NC(=O)[C@H](O)CCCCCCCCCCCCCC. The van der Waals surface area contributed by atoms with Crippen molar-refractivity contribution in [3.8, 4) is 0 Å². The molecule has 10 nitrogen and oxygen atoms in total.